The van der Waals surface area contributed by atoms with Gasteiger partial charge in [0.1, 0.15) is 11.6 Å². The summed E-state index contributed by atoms with van der Waals surface area (Å²) in [6.07, 6.45) is 4.56. The van der Waals surface area contributed by atoms with Crippen molar-refractivity contribution in [2.75, 3.05) is 0 Å². The van der Waals surface area contributed by atoms with E-state index in [1.54, 1.807) is 0 Å². The molecule has 3 nitrogen and oxygen atoms in total. The second kappa shape index (κ2) is 5.17. The Morgan fingerprint density at radius 2 is 2.00 bits per heavy atom. The Kier molecular flexibility index (Phi) is 4.36. The summed E-state index contributed by atoms with van der Waals surface area (Å²) in [6, 6.07) is -0.443. The molecule has 3 heteroatoms. The van der Waals surface area contributed by atoms with Crippen LogP contribution < -0.4 is 5.73 Å². The molecule has 0 aromatic carbocycles. The van der Waals surface area contributed by atoms with E-state index >= 15 is 0 Å². The van der Waals surface area contributed by atoms with Crippen molar-refractivity contribution in [3.63, 3.8) is 0 Å². The van der Waals surface area contributed by atoms with E-state index in [1.807, 2.05) is 20.8 Å². The molecule has 2 N–H and O–H groups in total. The van der Waals surface area contributed by atoms with Gasteiger partial charge in [-0.25, -0.2) is 0 Å². The molecule has 16 heavy (non-hydrogen) atoms. The number of hydrogen-bond acceptors (Lipinski definition) is 3. The molecule has 1 aliphatic rings. The van der Waals surface area contributed by atoms with Crippen LogP contribution in [0.5, 0.6) is 0 Å². The molecule has 0 saturated heterocycles. The second-order valence-corrected chi connectivity index (χ2v) is 6.09. The van der Waals surface area contributed by atoms with Crippen molar-refractivity contribution in [2.45, 2.75) is 65.0 Å². The van der Waals surface area contributed by atoms with Crippen LogP contribution in [0.2, 0.25) is 0 Å². The summed E-state index contributed by atoms with van der Waals surface area (Å²) in [4.78, 5) is 11.8. The van der Waals surface area contributed by atoms with E-state index in [9.17, 15) is 4.79 Å². The van der Waals surface area contributed by atoms with Gasteiger partial charge in [-0.2, -0.15) is 0 Å². The molecule has 0 heterocycles. The maximum Gasteiger partial charge on any atom is 0.323 e. The molecule has 94 valence electrons. The average Bonchev–Trinajstić information content (AvgIpc) is 2.14. The van der Waals surface area contributed by atoms with Crippen LogP contribution >= 0.6 is 0 Å². The van der Waals surface area contributed by atoms with Gasteiger partial charge in [0.2, 0.25) is 0 Å². The van der Waals surface area contributed by atoms with Gasteiger partial charge in [-0.1, -0.05) is 19.8 Å². The third-order valence-corrected chi connectivity index (χ3v) is 3.16. The normalized spacial score (nSPS) is 28.6. The maximum atomic E-state index is 11.8. The first-order chi connectivity index (χ1) is 7.29. The molecule has 0 aromatic heterocycles. The van der Waals surface area contributed by atoms with Crippen LogP contribution in [0.3, 0.4) is 0 Å². The van der Waals surface area contributed by atoms with Crippen molar-refractivity contribution in [1.29, 1.82) is 0 Å². The van der Waals surface area contributed by atoms with Gasteiger partial charge in [-0.15, -0.1) is 0 Å². The zero-order chi connectivity index (χ0) is 12.3. The van der Waals surface area contributed by atoms with Crippen molar-refractivity contribution in [3.05, 3.63) is 0 Å². The minimum absolute atomic E-state index is 0.244. The topological polar surface area (TPSA) is 52.3 Å². The fraction of sp³-hybridized carbons (Fsp3) is 0.923. The Labute approximate surface area is 98.7 Å². The molecule has 1 fully saturated rings. The SMILES string of the molecule is C[C@@H]1CCC[C@H]([C@H](N)C(=O)OC(C)(C)C)C1. The van der Waals surface area contributed by atoms with Gasteiger partial charge < -0.3 is 10.5 Å². The summed E-state index contributed by atoms with van der Waals surface area (Å²) in [5.41, 5.74) is 5.55. The van der Waals surface area contributed by atoms with E-state index in [0.29, 0.717) is 11.8 Å². The van der Waals surface area contributed by atoms with Gasteiger partial charge in [0.25, 0.3) is 0 Å². The van der Waals surface area contributed by atoms with Gasteiger partial charge >= 0.3 is 5.97 Å². The van der Waals surface area contributed by atoms with Crippen LogP contribution in [-0.4, -0.2) is 17.6 Å². The van der Waals surface area contributed by atoms with E-state index in [0.717, 1.165) is 12.8 Å². The van der Waals surface area contributed by atoms with Gasteiger partial charge in [0.15, 0.2) is 0 Å². The van der Waals surface area contributed by atoms with Gasteiger partial charge in [-0.05, 0) is 45.4 Å². The summed E-state index contributed by atoms with van der Waals surface area (Å²) in [5, 5.41) is 0. The second-order valence-electron chi connectivity index (χ2n) is 6.09. The first kappa shape index (κ1) is 13.5. The molecule has 1 aliphatic carbocycles. The number of esters is 1. The van der Waals surface area contributed by atoms with Crippen LogP contribution in [-0.2, 0) is 9.53 Å². The van der Waals surface area contributed by atoms with Crippen LogP contribution in [0.4, 0.5) is 0 Å². The number of carbonyl (C=O) groups is 1. The summed E-state index contributed by atoms with van der Waals surface area (Å²) in [5.74, 6) is 0.748. The highest BCUT2D eigenvalue weighted by atomic mass is 16.6. The van der Waals surface area contributed by atoms with Crippen LogP contribution in [0, 0.1) is 11.8 Å². The lowest BCUT2D eigenvalue weighted by molar-refractivity contribution is -0.158. The molecular weight excluding hydrogens is 202 g/mol. The number of nitrogens with two attached hydrogens (primary N) is 1. The van der Waals surface area contributed by atoms with Crippen LogP contribution in [0.25, 0.3) is 0 Å². The van der Waals surface area contributed by atoms with E-state index in [-0.39, 0.29) is 5.97 Å². The van der Waals surface area contributed by atoms with Crippen molar-refractivity contribution in [2.24, 2.45) is 17.6 Å². The quantitative estimate of drug-likeness (QED) is 0.737. The van der Waals surface area contributed by atoms with Crippen molar-refractivity contribution in [1.82, 2.24) is 0 Å². The molecule has 0 radical (unpaired) electrons. The average molecular weight is 227 g/mol. The molecule has 3 atom stereocenters. The molecule has 0 amide bonds. The lowest BCUT2D eigenvalue weighted by Crippen LogP contribution is -2.43. The van der Waals surface area contributed by atoms with Gasteiger partial charge in [-0.3, -0.25) is 4.79 Å². The highest BCUT2D eigenvalue weighted by Crippen LogP contribution is 2.30. The third-order valence-electron chi connectivity index (χ3n) is 3.16. The number of hydrogen-bond donors (Lipinski definition) is 1. The summed E-state index contributed by atoms with van der Waals surface area (Å²) in [7, 11) is 0. The largest absolute Gasteiger partial charge is 0.459 e. The highest BCUT2D eigenvalue weighted by Gasteiger charge is 2.31. The summed E-state index contributed by atoms with van der Waals surface area (Å²) in [6.45, 7) is 7.86. The zero-order valence-electron chi connectivity index (χ0n) is 11.0. The minimum Gasteiger partial charge on any atom is -0.459 e. The van der Waals surface area contributed by atoms with E-state index in [4.69, 9.17) is 10.5 Å². The predicted molar refractivity (Wildman–Crippen MR) is 64.9 cm³/mol. The highest BCUT2D eigenvalue weighted by molar-refractivity contribution is 5.76. The van der Waals surface area contributed by atoms with Crippen molar-refractivity contribution >= 4 is 5.97 Å². The zero-order valence-corrected chi connectivity index (χ0v) is 11.0. The lowest BCUT2D eigenvalue weighted by atomic mass is 9.79. The monoisotopic (exact) mass is 227 g/mol. The Morgan fingerprint density at radius 3 is 2.50 bits per heavy atom. The predicted octanol–water partition coefficient (Wildman–Crippen LogP) is 2.48. The Bertz CT molecular complexity index is 245. The molecule has 0 spiro atoms. The summed E-state index contributed by atoms with van der Waals surface area (Å²) < 4.78 is 5.32. The van der Waals surface area contributed by atoms with E-state index in [2.05, 4.69) is 6.92 Å². The Morgan fingerprint density at radius 1 is 1.38 bits per heavy atom. The van der Waals surface area contributed by atoms with Gasteiger partial charge in [0, 0.05) is 0 Å². The third kappa shape index (κ3) is 4.12. The summed E-state index contributed by atoms with van der Waals surface area (Å²) >= 11 is 0. The molecule has 1 rings (SSSR count). The van der Waals surface area contributed by atoms with E-state index < -0.39 is 11.6 Å². The number of ether oxygens (including phenoxy) is 1. The van der Waals surface area contributed by atoms with Crippen molar-refractivity contribution < 1.29 is 9.53 Å². The number of carbonyl (C=O) groups excluding carboxylic acids is 1. The van der Waals surface area contributed by atoms with Crippen LogP contribution in [0.15, 0.2) is 0 Å². The maximum absolute atomic E-state index is 11.8. The Hall–Kier alpha value is -0.570. The number of rotatable bonds is 2. The smallest absolute Gasteiger partial charge is 0.323 e. The molecular formula is C13H25NO2. The first-order valence-electron chi connectivity index (χ1n) is 6.28. The van der Waals surface area contributed by atoms with Crippen LogP contribution in [0.1, 0.15) is 53.4 Å². The fourth-order valence-corrected chi connectivity index (χ4v) is 2.37. The Balaban J connectivity index is 2.49. The fourth-order valence-electron chi connectivity index (χ4n) is 2.37. The first-order valence-corrected chi connectivity index (χ1v) is 6.28. The molecule has 0 aliphatic heterocycles. The lowest BCUT2D eigenvalue weighted by Gasteiger charge is -2.31. The van der Waals surface area contributed by atoms with Gasteiger partial charge in [0.05, 0.1) is 0 Å². The molecule has 0 unspecified atom stereocenters. The standard InChI is InChI=1S/C13H25NO2/c1-9-6-5-7-10(8-9)11(14)12(15)16-13(2,3)4/h9-11H,5-8,14H2,1-4H3/t9-,10+,11+/m1/s1. The molecule has 1 saturated carbocycles. The molecule has 0 bridgehead atoms. The minimum atomic E-state index is -0.443. The molecule has 0 aromatic rings. The van der Waals surface area contributed by atoms with E-state index in [1.165, 1.54) is 12.8 Å². The van der Waals surface area contributed by atoms with Crippen molar-refractivity contribution in [3.8, 4) is 0 Å².